The summed E-state index contributed by atoms with van der Waals surface area (Å²) in [5, 5.41) is 13.8. The predicted octanol–water partition coefficient (Wildman–Crippen LogP) is 1.48. The maximum absolute atomic E-state index is 13.9. The van der Waals surface area contributed by atoms with Crippen molar-refractivity contribution in [3.05, 3.63) is 63.4 Å². The largest absolute Gasteiger partial charge is 0.462 e. The second-order valence-corrected chi connectivity index (χ2v) is 11.4. The monoisotopic (exact) mass is 553 g/mol. The summed E-state index contributed by atoms with van der Waals surface area (Å²) < 4.78 is 43.7. The van der Waals surface area contributed by atoms with E-state index < -0.39 is 73.9 Å². The molecule has 2 fully saturated rings. The van der Waals surface area contributed by atoms with Gasteiger partial charge in [-0.15, -0.1) is 0 Å². The molecule has 13 nitrogen and oxygen atoms in total. The van der Waals surface area contributed by atoms with Gasteiger partial charge in [0.05, 0.1) is 18.8 Å². The summed E-state index contributed by atoms with van der Waals surface area (Å²) >= 11 is 0. The Morgan fingerprint density at radius 3 is 2.63 bits per heavy atom. The lowest BCUT2D eigenvalue weighted by atomic mass is 9.87. The van der Waals surface area contributed by atoms with Crippen LogP contribution in [0.25, 0.3) is 0 Å². The molecule has 1 aromatic heterocycles. The van der Waals surface area contributed by atoms with Gasteiger partial charge in [-0.3, -0.25) is 23.7 Å². The molecule has 7 atom stereocenters. The molecule has 0 radical (unpaired) electrons. The number of hydrogen-bond acceptors (Lipinski definition) is 10. The molecule has 1 aromatic carbocycles. The molecule has 2 saturated heterocycles. The van der Waals surface area contributed by atoms with E-state index in [1.807, 2.05) is 0 Å². The fourth-order valence-electron chi connectivity index (χ4n) is 4.50. The number of aromatic amines is 1. The number of aliphatic hydroxyl groups is 1. The number of hydrogen-bond donors (Lipinski definition) is 3. The number of ether oxygens (including phenoxy) is 3. The SMILES string of the molecule is CC(C)OC(=O)[C@H](C)NP(=O)(OC[C@]12C[C@@H](C)OC(C1O)[C@H](n1ccc(=O)[nH]c1=O)O2)Oc1ccccc1. The summed E-state index contributed by atoms with van der Waals surface area (Å²) in [6.07, 6.45) is -2.78. The molecular formula is C24H32N3O10P. The van der Waals surface area contributed by atoms with Gasteiger partial charge in [-0.2, -0.15) is 5.09 Å². The minimum Gasteiger partial charge on any atom is -0.462 e. The van der Waals surface area contributed by atoms with Gasteiger partial charge in [0, 0.05) is 18.7 Å². The van der Waals surface area contributed by atoms with Gasteiger partial charge >= 0.3 is 19.4 Å². The van der Waals surface area contributed by atoms with Crippen LogP contribution in [0, 0.1) is 0 Å². The molecule has 4 rings (SSSR count). The zero-order valence-electron chi connectivity index (χ0n) is 21.4. The number of carbonyl (C=O) groups excluding carboxylic acids is 1. The highest BCUT2D eigenvalue weighted by molar-refractivity contribution is 7.52. The van der Waals surface area contributed by atoms with Crippen molar-refractivity contribution in [2.45, 2.75) is 76.4 Å². The Labute approximate surface area is 218 Å². The first-order valence-electron chi connectivity index (χ1n) is 12.2. The first-order valence-corrected chi connectivity index (χ1v) is 13.8. The molecule has 3 unspecified atom stereocenters. The summed E-state index contributed by atoms with van der Waals surface area (Å²) in [7, 11) is -4.25. The smallest absolute Gasteiger partial charge is 0.459 e. The summed E-state index contributed by atoms with van der Waals surface area (Å²) in [4.78, 5) is 38.5. The molecule has 208 valence electrons. The molecule has 0 saturated carbocycles. The topological polar surface area (TPSA) is 167 Å². The molecule has 38 heavy (non-hydrogen) atoms. The van der Waals surface area contributed by atoms with Crippen molar-refractivity contribution in [3.8, 4) is 5.75 Å². The van der Waals surface area contributed by atoms with Crippen molar-refractivity contribution in [1.82, 2.24) is 14.6 Å². The van der Waals surface area contributed by atoms with Gasteiger partial charge in [0.15, 0.2) is 6.23 Å². The van der Waals surface area contributed by atoms with Crippen LogP contribution in [-0.2, 0) is 28.1 Å². The number of carbonyl (C=O) groups is 1. The van der Waals surface area contributed by atoms with E-state index in [1.165, 1.54) is 13.1 Å². The average Bonchev–Trinajstić information content (AvgIpc) is 2.99. The standard InChI is InChI=1S/C24H32N3O10P/c1-14(2)34-22(30)16(4)26-38(32,37-17-8-6-5-7-9-17)33-13-24-12-15(3)35-19(20(24)29)21(36-24)27-11-10-18(28)25-23(27)31/h5-11,14-16,19-21,29H,12-13H2,1-4H3,(H,26,32)(H,25,28,31)/t15-,16+,19?,20?,21-,24-,38?/m1/s1. The van der Waals surface area contributed by atoms with E-state index in [-0.39, 0.29) is 12.2 Å². The number of nitrogens with zero attached hydrogens (tertiary/aromatic N) is 1. The van der Waals surface area contributed by atoms with Gasteiger partial charge in [0.1, 0.15) is 29.6 Å². The van der Waals surface area contributed by atoms with Crippen molar-refractivity contribution in [3.63, 3.8) is 0 Å². The number of aliphatic hydroxyl groups excluding tert-OH is 1. The third-order valence-corrected chi connectivity index (χ3v) is 7.76. The van der Waals surface area contributed by atoms with E-state index in [2.05, 4.69) is 10.1 Å². The molecule has 3 heterocycles. The van der Waals surface area contributed by atoms with Crippen LogP contribution in [0.3, 0.4) is 0 Å². The zero-order chi connectivity index (χ0) is 27.7. The number of benzene rings is 1. The first-order chi connectivity index (χ1) is 17.9. The van der Waals surface area contributed by atoms with E-state index in [1.54, 1.807) is 51.1 Å². The Hall–Kier alpha value is -2.80. The fourth-order valence-corrected chi connectivity index (χ4v) is 6.04. The third kappa shape index (κ3) is 6.09. The minimum atomic E-state index is -4.25. The molecule has 14 heteroatoms. The number of nitrogens with one attached hydrogen (secondary N) is 2. The van der Waals surface area contributed by atoms with Crippen molar-refractivity contribution >= 4 is 13.7 Å². The lowest BCUT2D eigenvalue weighted by Crippen LogP contribution is -2.54. The van der Waals surface area contributed by atoms with Crippen LogP contribution in [-0.4, -0.2) is 63.3 Å². The van der Waals surface area contributed by atoms with Gasteiger partial charge in [-0.25, -0.2) is 9.36 Å². The molecule has 2 aromatic rings. The molecule has 3 N–H and O–H groups in total. The van der Waals surface area contributed by atoms with Crippen molar-refractivity contribution < 1.29 is 37.7 Å². The highest BCUT2D eigenvalue weighted by Crippen LogP contribution is 2.51. The summed E-state index contributed by atoms with van der Waals surface area (Å²) in [5.74, 6) is -0.442. The number of fused-ring (bicyclic) bond motifs is 2. The van der Waals surface area contributed by atoms with Crippen LogP contribution >= 0.6 is 7.75 Å². The summed E-state index contributed by atoms with van der Waals surface area (Å²) in [6.45, 7) is 6.16. The molecule has 0 aliphatic carbocycles. The van der Waals surface area contributed by atoms with Gasteiger partial charge in [-0.05, 0) is 39.8 Å². The lowest BCUT2D eigenvalue weighted by molar-refractivity contribution is -0.158. The van der Waals surface area contributed by atoms with Gasteiger partial charge in [-0.1, -0.05) is 18.2 Å². The molecule has 2 aliphatic rings. The second kappa shape index (κ2) is 11.1. The number of aromatic nitrogens is 2. The van der Waals surface area contributed by atoms with Crippen LogP contribution in [0.5, 0.6) is 5.75 Å². The minimum absolute atomic E-state index is 0.134. The van der Waals surface area contributed by atoms with E-state index in [9.17, 15) is 24.1 Å². The fraction of sp³-hybridized carbons (Fsp3) is 0.542. The van der Waals surface area contributed by atoms with Gasteiger partial charge in [0.25, 0.3) is 5.56 Å². The Balaban J connectivity index is 1.60. The van der Waals surface area contributed by atoms with E-state index in [4.69, 9.17) is 23.3 Å². The Morgan fingerprint density at radius 1 is 1.26 bits per heavy atom. The maximum Gasteiger partial charge on any atom is 0.459 e. The molecule has 0 amide bonds. The van der Waals surface area contributed by atoms with E-state index in [0.717, 1.165) is 10.6 Å². The molecule has 2 bridgehead atoms. The van der Waals surface area contributed by atoms with E-state index in [0.29, 0.717) is 0 Å². The Bertz CT molecular complexity index is 1300. The van der Waals surface area contributed by atoms with Gasteiger partial charge < -0.3 is 23.8 Å². The average molecular weight is 554 g/mol. The lowest BCUT2D eigenvalue weighted by Gasteiger charge is -2.39. The van der Waals surface area contributed by atoms with E-state index >= 15 is 0 Å². The van der Waals surface area contributed by atoms with Crippen LogP contribution in [0.4, 0.5) is 0 Å². The van der Waals surface area contributed by atoms with Gasteiger partial charge in [0.2, 0.25) is 0 Å². The Kier molecular flexibility index (Phi) is 8.26. The van der Waals surface area contributed by atoms with Crippen LogP contribution < -0.4 is 20.9 Å². The molecular weight excluding hydrogens is 521 g/mol. The van der Waals surface area contributed by atoms with Crippen LogP contribution in [0.2, 0.25) is 0 Å². The summed E-state index contributed by atoms with van der Waals surface area (Å²) in [5.41, 5.74) is -2.77. The van der Waals surface area contributed by atoms with Crippen molar-refractivity contribution in [2.24, 2.45) is 0 Å². The third-order valence-electron chi connectivity index (χ3n) is 6.14. The highest BCUT2D eigenvalue weighted by atomic mass is 31.2. The maximum atomic E-state index is 13.9. The normalized spacial score (nSPS) is 29.0. The van der Waals surface area contributed by atoms with Crippen molar-refractivity contribution in [2.75, 3.05) is 6.61 Å². The number of H-pyrrole nitrogens is 1. The Morgan fingerprint density at radius 2 is 1.97 bits per heavy atom. The number of esters is 1. The number of rotatable bonds is 10. The summed E-state index contributed by atoms with van der Waals surface area (Å²) in [6, 6.07) is 8.33. The van der Waals surface area contributed by atoms with Crippen LogP contribution in [0.15, 0.2) is 52.2 Å². The predicted molar refractivity (Wildman–Crippen MR) is 134 cm³/mol. The zero-order valence-corrected chi connectivity index (χ0v) is 22.3. The second-order valence-electron chi connectivity index (χ2n) is 9.66. The number of para-hydroxylation sites is 1. The highest BCUT2D eigenvalue weighted by Gasteiger charge is 2.61. The van der Waals surface area contributed by atoms with Crippen molar-refractivity contribution in [1.29, 1.82) is 0 Å². The molecule has 2 aliphatic heterocycles. The first kappa shape index (κ1) is 28.2. The quantitative estimate of drug-likeness (QED) is 0.288. The molecule has 0 spiro atoms. The van der Waals surface area contributed by atoms with Crippen LogP contribution in [0.1, 0.15) is 40.3 Å².